The third-order valence-corrected chi connectivity index (χ3v) is 5.71. The van der Waals surface area contributed by atoms with Crippen LogP contribution in [0.3, 0.4) is 0 Å². The summed E-state index contributed by atoms with van der Waals surface area (Å²) in [6, 6.07) is 0. The molecule has 1 unspecified atom stereocenters. The number of aliphatic hydroxyl groups excluding tert-OH is 1. The Balaban J connectivity index is 1.42. The highest BCUT2D eigenvalue weighted by atomic mass is 16.3. The molecule has 0 aromatic carbocycles. The predicted molar refractivity (Wildman–Crippen MR) is 97.6 cm³/mol. The zero-order valence-electron chi connectivity index (χ0n) is 15.5. The molecule has 1 spiro atoms. The first kappa shape index (κ1) is 17.4. The lowest BCUT2D eigenvalue weighted by Gasteiger charge is -2.49. The molecular formula is C18H27N7O. The second-order valence-corrected chi connectivity index (χ2v) is 7.86. The van der Waals surface area contributed by atoms with Gasteiger partial charge in [0.05, 0.1) is 17.5 Å². The topological polar surface area (TPSA) is 83.2 Å². The van der Waals surface area contributed by atoms with Gasteiger partial charge in [0.15, 0.2) is 0 Å². The van der Waals surface area contributed by atoms with Crippen molar-refractivity contribution in [3.05, 3.63) is 30.0 Å². The molecule has 2 aromatic rings. The van der Waals surface area contributed by atoms with Crippen LogP contribution in [0.1, 0.15) is 30.7 Å². The number of rotatable bonds is 3. The number of likely N-dealkylation sites (tertiary alicyclic amines) is 1. The van der Waals surface area contributed by atoms with E-state index in [0.29, 0.717) is 6.54 Å². The van der Waals surface area contributed by atoms with Gasteiger partial charge in [0.25, 0.3) is 0 Å². The predicted octanol–water partition coefficient (Wildman–Crippen LogP) is 0.767. The summed E-state index contributed by atoms with van der Waals surface area (Å²) in [7, 11) is 1.88. The average molecular weight is 357 g/mol. The SMILES string of the molecule is Cc1nccnc1N1CCC2(CC1)CC(O)CN(Cc1cn(C)nn1)C2. The molecule has 8 heteroatoms. The zero-order valence-corrected chi connectivity index (χ0v) is 15.5. The van der Waals surface area contributed by atoms with E-state index in [0.717, 1.165) is 62.6 Å². The Kier molecular flexibility index (Phi) is 4.62. The molecule has 0 saturated carbocycles. The van der Waals surface area contributed by atoms with Gasteiger partial charge in [-0.3, -0.25) is 14.6 Å². The van der Waals surface area contributed by atoms with Crippen LogP contribution < -0.4 is 4.90 Å². The van der Waals surface area contributed by atoms with Crippen molar-refractivity contribution in [1.82, 2.24) is 29.9 Å². The van der Waals surface area contributed by atoms with Crippen molar-refractivity contribution in [3.63, 3.8) is 0 Å². The Hall–Kier alpha value is -2.06. The number of aryl methyl sites for hydroxylation is 2. The fraction of sp³-hybridized carbons (Fsp3) is 0.667. The third-order valence-electron chi connectivity index (χ3n) is 5.71. The number of aromatic nitrogens is 5. The van der Waals surface area contributed by atoms with E-state index in [1.807, 2.05) is 20.2 Å². The van der Waals surface area contributed by atoms with Crippen molar-refractivity contribution in [1.29, 1.82) is 0 Å². The first-order valence-corrected chi connectivity index (χ1v) is 9.31. The van der Waals surface area contributed by atoms with E-state index in [-0.39, 0.29) is 11.5 Å². The van der Waals surface area contributed by atoms with Gasteiger partial charge in [-0.05, 0) is 31.6 Å². The van der Waals surface area contributed by atoms with Crippen LogP contribution in [-0.4, -0.2) is 67.3 Å². The number of nitrogens with zero attached hydrogens (tertiary/aromatic N) is 7. The smallest absolute Gasteiger partial charge is 0.150 e. The Bertz CT molecular complexity index is 754. The monoisotopic (exact) mass is 357 g/mol. The summed E-state index contributed by atoms with van der Waals surface area (Å²) in [6.45, 7) is 6.41. The standard InChI is InChI=1S/C18H27N7O/c1-14-17(20-6-5-19-14)25-7-3-18(4-8-25)9-16(26)12-24(13-18)11-15-10-23(2)22-21-15/h5-6,10,16,26H,3-4,7-9,11-13H2,1-2H3. The molecule has 8 nitrogen and oxygen atoms in total. The summed E-state index contributed by atoms with van der Waals surface area (Å²) in [5.41, 5.74) is 2.12. The summed E-state index contributed by atoms with van der Waals surface area (Å²) in [4.78, 5) is 13.5. The lowest BCUT2D eigenvalue weighted by molar-refractivity contribution is -0.0256. The molecule has 2 aromatic heterocycles. The maximum absolute atomic E-state index is 10.5. The van der Waals surface area contributed by atoms with Crippen molar-refractivity contribution < 1.29 is 5.11 Å². The van der Waals surface area contributed by atoms with Crippen LogP contribution in [0.4, 0.5) is 5.82 Å². The number of hydrogen-bond acceptors (Lipinski definition) is 7. The van der Waals surface area contributed by atoms with Crippen molar-refractivity contribution in [3.8, 4) is 0 Å². The normalized spacial score (nSPS) is 23.5. The zero-order chi connectivity index (χ0) is 18.1. The van der Waals surface area contributed by atoms with E-state index in [1.165, 1.54) is 0 Å². The van der Waals surface area contributed by atoms with E-state index in [1.54, 1.807) is 17.1 Å². The van der Waals surface area contributed by atoms with E-state index in [9.17, 15) is 5.11 Å². The molecule has 4 rings (SSSR count). The lowest BCUT2D eigenvalue weighted by atomic mass is 9.71. The highest BCUT2D eigenvalue weighted by molar-refractivity contribution is 5.42. The first-order chi connectivity index (χ1) is 12.5. The van der Waals surface area contributed by atoms with E-state index in [2.05, 4.69) is 30.1 Å². The summed E-state index contributed by atoms with van der Waals surface area (Å²) in [6.07, 6.45) is 8.20. The van der Waals surface area contributed by atoms with Crippen LogP contribution in [0.15, 0.2) is 18.6 Å². The highest BCUT2D eigenvalue weighted by Gasteiger charge is 2.42. The fourth-order valence-corrected chi connectivity index (χ4v) is 4.55. The molecule has 1 N–H and O–H groups in total. The highest BCUT2D eigenvalue weighted by Crippen LogP contribution is 2.41. The molecule has 2 fully saturated rings. The quantitative estimate of drug-likeness (QED) is 0.868. The summed E-state index contributed by atoms with van der Waals surface area (Å²) in [5.74, 6) is 0.995. The molecule has 2 aliphatic heterocycles. The minimum atomic E-state index is -0.273. The molecule has 1 atom stereocenters. The number of piperidine rings is 2. The Morgan fingerprint density at radius 3 is 2.69 bits per heavy atom. The Morgan fingerprint density at radius 1 is 1.23 bits per heavy atom. The van der Waals surface area contributed by atoms with Crippen molar-refractivity contribution >= 4 is 5.82 Å². The van der Waals surface area contributed by atoms with Crippen LogP contribution in [0, 0.1) is 12.3 Å². The van der Waals surface area contributed by atoms with Gasteiger partial charge in [0.2, 0.25) is 0 Å². The van der Waals surface area contributed by atoms with E-state index >= 15 is 0 Å². The number of aliphatic hydroxyl groups is 1. The van der Waals surface area contributed by atoms with Crippen molar-refractivity contribution in [2.24, 2.45) is 12.5 Å². The van der Waals surface area contributed by atoms with Gasteiger partial charge >= 0.3 is 0 Å². The Morgan fingerprint density at radius 2 is 2.00 bits per heavy atom. The van der Waals surface area contributed by atoms with Crippen LogP contribution in [0.5, 0.6) is 0 Å². The second kappa shape index (κ2) is 6.92. The van der Waals surface area contributed by atoms with Crippen molar-refractivity contribution in [2.45, 2.75) is 38.8 Å². The van der Waals surface area contributed by atoms with Crippen LogP contribution in [-0.2, 0) is 13.6 Å². The van der Waals surface area contributed by atoms with Gasteiger partial charge in [0, 0.05) is 58.4 Å². The Labute approximate surface area is 153 Å². The first-order valence-electron chi connectivity index (χ1n) is 9.31. The van der Waals surface area contributed by atoms with Gasteiger partial charge in [-0.15, -0.1) is 5.10 Å². The number of anilines is 1. The molecule has 0 radical (unpaired) electrons. The van der Waals surface area contributed by atoms with Gasteiger partial charge in [-0.2, -0.15) is 0 Å². The van der Waals surface area contributed by atoms with Gasteiger partial charge in [0.1, 0.15) is 5.82 Å². The van der Waals surface area contributed by atoms with Crippen molar-refractivity contribution in [2.75, 3.05) is 31.1 Å². The maximum Gasteiger partial charge on any atom is 0.150 e. The van der Waals surface area contributed by atoms with Crippen LogP contribution >= 0.6 is 0 Å². The number of β-amino-alcohol motifs (C(OH)–C–C–N with tert-alkyl or cyclic N) is 1. The minimum Gasteiger partial charge on any atom is -0.392 e. The van der Waals surface area contributed by atoms with E-state index < -0.39 is 0 Å². The molecule has 0 bridgehead atoms. The van der Waals surface area contributed by atoms with Crippen LogP contribution in [0.2, 0.25) is 0 Å². The molecule has 4 heterocycles. The minimum absolute atomic E-state index is 0.173. The second-order valence-electron chi connectivity index (χ2n) is 7.86. The number of hydrogen-bond donors (Lipinski definition) is 1. The molecule has 2 aliphatic rings. The molecule has 0 aliphatic carbocycles. The summed E-state index contributed by atoms with van der Waals surface area (Å²) >= 11 is 0. The van der Waals surface area contributed by atoms with Gasteiger partial charge in [-0.25, -0.2) is 4.98 Å². The van der Waals surface area contributed by atoms with Gasteiger partial charge < -0.3 is 10.0 Å². The maximum atomic E-state index is 10.5. The third kappa shape index (κ3) is 3.57. The lowest BCUT2D eigenvalue weighted by Crippen LogP contribution is -2.53. The average Bonchev–Trinajstić information content (AvgIpc) is 3.00. The molecule has 140 valence electrons. The van der Waals surface area contributed by atoms with Gasteiger partial charge in [-0.1, -0.05) is 5.21 Å². The molecule has 26 heavy (non-hydrogen) atoms. The van der Waals surface area contributed by atoms with E-state index in [4.69, 9.17) is 0 Å². The fourth-order valence-electron chi connectivity index (χ4n) is 4.55. The largest absolute Gasteiger partial charge is 0.392 e. The summed E-state index contributed by atoms with van der Waals surface area (Å²) < 4.78 is 1.73. The van der Waals surface area contributed by atoms with Crippen LogP contribution in [0.25, 0.3) is 0 Å². The molecule has 0 amide bonds. The molecular weight excluding hydrogens is 330 g/mol. The molecule has 2 saturated heterocycles. The summed E-state index contributed by atoms with van der Waals surface area (Å²) in [5, 5.41) is 18.7.